The van der Waals surface area contributed by atoms with E-state index in [-0.39, 0.29) is 110 Å². The number of rotatable bonds is 36. The Bertz CT molecular complexity index is 3220. The van der Waals surface area contributed by atoms with Crippen molar-refractivity contribution in [2.45, 2.75) is 207 Å². The van der Waals surface area contributed by atoms with Crippen LogP contribution in [0.5, 0.6) is 5.75 Å². The molecule has 3 aromatic rings. The number of piperidine rings is 1. The summed E-state index contributed by atoms with van der Waals surface area (Å²) in [5, 5.41) is 29.7. The lowest BCUT2D eigenvalue weighted by Gasteiger charge is -2.40. The minimum absolute atomic E-state index is 0.00962. The predicted octanol–water partition coefficient (Wildman–Crippen LogP) is 6.27. The number of carbonyl (C=O) groups excluding carboxylic acids is 11. The van der Waals surface area contributed by atoms with E-state index in [4.69, 9.17) is 20.2 Å². The van der Waals surface area contributed by atoms with E-state index in [0.29, 0.717) is 91.9 Å². The van der Waals surface area contributed by atoms with Crippen LogP contribution in [0, 0.1) is 17.8 Å². The largest absolute Gasteiger partial charge is 0.508 e. The zero-order valence-corrected chi connectivity index (χ0v) is 58.3. The summed E-state index contributed by atoms with van der Waals surface area (Å²) in [6.07, 6.45) is 8.40. The van der Waals surface area contributed by atoms with Crippen LogP contribution in [0.3, 0.4) is 0 Å². The molecule has 9 unspecified atom stereocenters. The number of primary amides is 1. The number of thiazole rings is 1. The molecule has 532 valence electrons. The minimum atomic E-state index is -1.11. The lowest BCUT2D eigenvalue weighted by molar-refractivity contribution is -0.143. The van der Waals surface area contributed by atoms with Gasteiger partial charge in [0.15, 0.2) is 0 Å². The standard InChI is InChI=1S/C69H101N13O14S/c1-10-31-81(67(92)60(43(8)12-3)77-64(90)53-20-15-17-32-80(53)9)54(41(4)5)38-55(95-34-11-2)66-75-52(40-97-66)63(89)73-47-35-45-24-27-48(83)37-49(45)50(36-47)61(87)78-79-69(94)96-39-44-22-25-46(26-23-44)72-62(88)51(19-18-30-71-68(70)93)74-65(91)59(42(6)7)76-56(84)21-14-13-16-33-82-57(85)28-29-58(82)86/h22-29,37,40-43,47,50-51,53-55,59-60,83H,10-21,30-36,38-39H2,1-9H3,(H,72,88)(H,73,89)(H,74,91)(H,76,84)(H,77,90)(H,78,87)(H,79,94)(H3,70,71,93). The van der Waals surface area contributed by atoms with Crippen molar-refractivity contribution in [3.63, 3.8) is 0 Å². The monoisotopic (exact) mass is 1370 g/mol. The number of fused-ring (bicyclic) bond motifs is 1. The number of phenols is 1. The molecule has 0 saturated carbocycles. The smallest absolute Gasteiger partial charge is 0.426 e. The molecule has 28 heteroatoms. The topological polar surface area (TPSA) is 371 Å². The highest BCUT2D eigenvalue weighted by atomic mass is 32.1. The Hall–Kier alpha value is -8.50. The van der Waals surface area contributed by atoms with Crippen molar-refractivity contribution in [3.8, 4) is 5.75 Å². The van der Waals surface area contributed by atoms with Crippen molar-refractivity contribution in [2.75, 3.05) is 45.2 Å². The van der Waals surface area contributed by atoms with E-state index in [1.54, 1.807) is 49.6 Å². The van der Waals surface area contributed by atoms with Gasteiger partial charge in [-0.25, -0.2) is 20.0 Å². The number of carbonyl (C=O) groups is 11. The third-order valence-electron chi connectivity index (χ3n) is 17.9. The van der Waals surface area contributed by atoms with Crippen molar-refractivity contribution in [3.05, 3.63) is 87.4 Å². The number of imide groups is 1. The van der Waals surface area contributed by atoms with Crippen LogP contribution in [-0.2, 0) is 60.9 Å². The van der Waals surface area contributed by atoms with E-state index < -0.39 is 77.8 Å². The normalized spacial score (nSPS) is 18.0. The number of phenolic OH excluding ortho intramolecular Hbond substituents is 1. The zero-order valence-electron chi connectivity index (χ0n) is 57.5. The molecule has 3 heterocycles. The molecule has 2 aromatic carbocycles. The highest BCUT2D eigenvalue weighted by Crippen LogP contribution is 2.36. The fraction of sp³-hybridized carbons (Fsp3) is 0.594. The maximum absolute atomic E-state index is 14.9. The summed E-state index contributed by atoms with van der Waals surface area (Å²) in [6.45, 7) is 17.5. The molecule has 1 saturated heterocycles. The maximum Gasteiger partial charge on any atom is 0.426 e. The van der Waals surface area contributed by atoms with Crippen LogP contribution in [-0.4, -0.2) is 166 Å². The molecule has 1 aliphatic carbocycles. The fourth-order valence-corrected chi connectivity index (χ4v) is 13.1. The van der Waals surface area contributed by atoms with E-state index in [9.17, 15) is 57.8 Å². The SMILES string of the molecule is CCCOC(CC(C(C)C)N(CCC)C(=O)C(NC(=O)C1CCCCN1C)C(C)CC)c1nc(C(=O)NC2Cc3ccc(O)cc3C(C(=O)NNC(=O)OCc3ccc(NC(=O)C(CCCNC(N)=O)NC(=O)C(NC(=O)CCCCCN4C(=O)C=CC4=O)C(C)C)cc3)C2)cs1. The number of likely N-dealkylation sites (N-methyl/N-ethyl adjacent to an activating group) is 1. The molecule has 2 aliphatic heterocycles. The molecule has 0 radical (unpaired) electrons. The number of nitrogens with one attached hydrogen (secondary N) is 8. The van der Waals surface area contributed by atoms with Gasteiger partial charge in [0.25, 0.3) is 17.7 Å². The second-order valence-electron chi connectivity index (χ2n) is 26.1. The number of benzene rings is 2. The van der Waals surface area contributed by atoms with Gasteiger partial charge in [-0.2, -0.15) is 0 Å². The molecule has 11 N–H and O–H groups in total. The molecule has 1 aromatic heterocycles. The number of amides is 12. The third kappa shape index (κ3) is 23.4. The summed E-state index contributed by atoms with van der Waals surface area (Å²) in [4.78, 5) is 155. The molecule has 27 nitrogen and oxygen atoms in total. The van der Waals surface area contributed by atoms with Gasteiger partial charge >= 0.3 is 12.1 Å². The number of nitrogens with zero attached hydrogens (tertiary/aromatic N) is 4. The summed E-state index contributed by atoms with van der Waals surface area (Å²) >= 11 is 1.28. The minimum Gasteiger partial charge on any atom is -0.508 e. The van der Waals surface area contributed by atoms with Crippen LogP contribution in [0.2, 0.25) is 0 Å². The Morgan fingerprint density at radius 3 is 2.22 bits per heavy atom. The Morgan fingerprint density at radius 1 is 0.825 bits per heavy atom. The van der Waals surface area contributed by atoms with E-state index in [2.05, 4.69) is 61.5 Å². The van der Waals surface area contributed by atoms with Gasteiger partial charge in [0, 0.05) is 74.4 Å². The van der Waals surface area contributed by atoms with E-state index in [0.717, 1.165) is 30.7 Å². The molecule has 9 atom stereocenters. The van der Waals surface area contributed by atoms with Gasteiger partial charge in [-0.3, -0.25) is 58.4 Å². The lowest BCUT2D eigenvalue weighted by Crippen LogP contribution is -2.58. The van der Waals surface area contributed by atoms with E-state index in [1.165, 1.54) is 35.6 Å². The number of ether oxygens (including phenoxy) is 2. The number of hydrazine groups is 1. The summed E-state index contributed by atoms with van der Waals surface area (Å²) in [5.74, 6) is -5.24. The fourth-order valence-electron chi connectivity index (χ4n) is 12.2. The number of likely N-dealkylation sites (tertiary alicyclic amines) is 1. The molecule has 97 heavy (non-hydrogen) atoms. The first kappa shape index (κ1) is 77.5. The summed E-state index contributed by atoms with van der Waals surface area (Å²) in [7, 11) is 1.95. The highest BCUT2D eigenvalue weighted by Gasteiger charge is 2.40. The van der Waals surface area contributed by atoms with Crippen molar-refractivity contribution in [1.82, 2.24) is 57.1 Å². The van der Waals surface area contributed by atoms with Crippen LogP contribution in [0.25, 0.3) is 0 Å². The van der Waals surface area contributed by atoms with E-state index in [1.807, 2.05) is 39.6 Å². The number of unbranched alkanes of at least 4 members (excludes halogenated alkanes) is 2. The van der Waals surface area contributed by atoms with Crippen LogP contribution in [0.1, 0.15) is 189 Å². The van der Waals surface area contributed by atoms with Gasteiger partial charge in [-0.05, 0) is 137 Å². The highest BCUT2D eigenvalue weighted by molar-refractivity contribution is 7.09. The quantitative estimate of drug-likeness (QED) is 0.0174. The summed E-state index contributed by atoms with van der Waals surface area (Å²) in [5.41, 5.74) is 12.1. The first-order chi connectivity index (χ1) is 46.3. The second kappa shape index (κ2) is 38.4. The number of nitrogens with two attached hydrogens (primary N) is 1. The number of aromatic hydroxyl groups is 1. The molecule has 3 aliphatic rings. The van der Waals surface area contributed by atoms with Crippen LogP contribution < -0.4 is 48.5 Å². The molecule has 6 rings (SSSR count). The van der Waals surface area contributed by atoms with Crippen LogP contribution in [0.15, 0.2) is 60.0 Å². The molecular weight excluding hydrogens is 1270 g/mol. The average Bonchev–Trinajstić information content (AvgIpc) is 1.26. The van der Waals surface area contributed by atoms with E-state index >= 15 is 0 Å². The summed E-state index contributed by atoms with van der Waals surface area (Å²) < 4.78 is 11.9. The molecule has 0 bridgehead atoms. The van der Waals surface area contributed by atoms with Crippen LogP contribution in [0.4, 0.5) is 15.3 Å². The predicted molar refractivity (Wildman–Crippen MR) is 365 cm³/mol. The average molecular weight is 1370 g/mol. The Labute approximate surface area is 572 Å². The number of hydrogen-bond donors (Lipinski definition) is 10. The third-order valence-corrected chi connectivity index (χ3v) is 18.8. The zero-order chi connectivity index (χ0) is 70.9. The van der Waals surface area contributed by atoms with Gasteiger partial charge in [0.05, 0.1) is 12.0 Å². The van der Waals surface area contributed by atoms with Gasteiger partial charge < -0.3 is 57.1 Å². The number of anilines is 1. The van der Waals surface area contributed by atoms with Gasteiger partial charge in [0.2, 0.25) is 35.4 Å². The number of hydrogen-bond acceptors (Lipinski definition) is 17. The van der Waals surface area contributed by atoms with Gasteiger partial charge in [-0.15, -0.1) is 11.3 Å². The van der Waals surface area contributed by atoms with Crippen molar-refractivity contribution in [1.29, 1.82) is 0 Å². The first-order valence-corrected chi connectivity index (χ1v) is 35.0. The second-order valence-corrected chi connectivity index (χ2v) is 26.9. The van der Waals surface area contributed by atoms with Gasteiger partial charge in [0.1, 0.15) is 47.3 Å². The Morgan fingerprint density at radius 2 is 1.56 bits per heavy atom. The lowest BCUT2D eigenvalue weighted by atomic mass is 9.79. The first-order valence-electron chi connectivity index (χ1n) is 34.1. The molecule has 12 amide bonds. The maximum atomic E-state index is 14.9. The van der Waals surface area contributed by atoms with Crippen molar-refractivity contribution in [2.24, 2.45) is 23.5 Å². The van der Waals surface area contributed by atoms with Gasteiger partial charge in [-0.1, -0.05) is 92.9 Å². The number of urea groups is 1. The number of aromatic nitrogens is 1. The van der Waals surface area contributed by atoms with Crippen molar-refractivity contribution < 1.29 is 67.3 Å². The molecular formula is C69H101N13O14S. The molecule has 0 spiro atoms. The summed E-state index contributed by atoms with van der Waals surface area (Å²) in [6, 6.07) is 6.15. The Kier molecular flexibility index (Phi) is 30.7. The van der Waals surface area contributed by atoms with Crippen molar-refractivity contribution >= 4 is 82.3 Å². The Balaban J connectivity index is 1.03. The molecule has 1 fully saturated rings. The van der Waals surface area contributed by atoms with Crippen LogP contribution >= 0.6 is 11.3 Å².